The first-order valence-electron chi connectivity index (χ1n) is 5.08. The topological polar surface area (TPSA) is 38.7 Å². The summed E-state index contributed by atoms with van der Waals surface area (Å²) in [5.74, 6) is 0.569. The summed E-state index contributed by atoms with van der Waals surface area (Å²) >= 11 is 0. The highest BCUT2D eigenvalue weighted by Gasteiger charge is 2.29. The Labute approximate surface area is 81.6 Å². The van der Waals surface area contributed by atoms with Gasteiger partial charge in [0, 0.05) is 19.1 Å². The van der Waals surface area contributed by atoms with Gasteiger partial charge >= 0.3 is 7.12 Å². The van der Waals surface area contributed by atoms with E-state index in [4.69, 9.17) is 14.4 Å². The van der Waals surface area contributed by atoms with Gasteiger partial charge in [0.15, 0.2) is 0 Å². The van der Waals surface area contributed by atoms with Crippen LogP contribution in [0.5, 0.6) is 0 Å². The normalized spacial score (nSPS) is 18.5. The quantitative estimate of drug-likeness (QED) is 0.668. The summed E-state index contributed by atoms with van der Waals surface area (Å²) in [4.78, 5) is 0. The Balaban J connectivity index is 0.000000671. The zero-order valence-electron chi connectivity index (χ0n) is 9.12. The third-order valence-electron chi connectivity index (χ3n) is 1.79. The van der Waals surface area contributed by atoms with Crippen molar-refractivity contribution in [2.24, 2.45) is 5.92 Å². The Morgan fingerprint density at radius 2 is 1.77 bits per heavy atom. The first-order valence-corrected chi connectivity index (χ1v) is 5.08. The van der Waals surface area contributed by atoms with E-state index in [1.54, 1.807) is 0 Å². The lowest BCUT2D eigenvalue weighted by molar-refractivity contribution is 0.0441. The Morgan fingerprint density at radius 1 is 1.31 bits per heavy atom. The van der Waals surface area contributed by atoms with Crippen LogP contribution in [0.15, 0.2) is 0 Å². The molecule has 0 aliphatic carbocycles. The molecule has 0 bridgehead atoms. The van der Waals surface area contributed by atoms with Gasteiger partial charge in [0.1, 0.15) is 0 Å². The smallest absolute Gasteiger partial charge is 0.411 e. The molecule has 78 valence electrons. The van der Waals surface area contributed by atoms with Crippen LogP contribution in [0.2, 0.25) is 5.82 Å². The number of rotatable bonds is 2. The van der Waals surface area contributed by atoms with E-state index < -0.39 is 0 Å². The third-order valence-corrected chi connectivity index (χ3v) is 1.79. The second-order valence-electron chi connectivity index (χ2n) is 3.33. The van der Waals surface area contributed by atoms with E-state index in [2.05, 4.69) is 13.8 Å². The second-order valence-corrected chi connectivity index (χ2v) is 3.33. The van der Waals surface area contributed by atoms with Crippen molar-refractivity contribution in [1.29, 1.82) is 0 Å². The summed E-state index contributed by atoms with van der Waals surface area (Å²) in [6.07, 6.45) is 0. The monoisotopic (exact) mass is 188 g/mol. The average molecular weight is 188 g/mol. The Kier molecular flexibility index (Phi) is 7.33. The van der Waals surface area contributed by atoms with Crippen molar-refractivity contribution in [3.63, 3.8) is 0 Å². The van der Waals surface area contributed by atoms with Crippen LogP contribution in [0.25, 0.3) is 0 Å². The van der Waals surface area contributed by atoms with Crippen molar-refractivity contribution in [3.05, 3.63) is 0 Å². The van der Waals surface area contributed by atoms with Gasteiger partial charge in [-0.2, -0.15) is 0 Å². The van der Waals surface area contributed by atoms with Gasteiger partial charge in [0.2, 0.25) is 0 Å². The maximum absolute atomic E-state index is 8.76. The van der Waals surface area contributed by atoms with Gasteiger partial charge in [-0.25, -0.2) is 0 Å². The van der Waals surface area contributed by atoms with Crippen molar-refractivity contribution >= 4 is 7.12 Å². The van der Waals surface area contributed by atoms with Crippen molar-refractivity contribution in [2.45, 2.75) is 33.5 Å². The molecule has 0 unspecified atom stereocenters. The summed E-state index contributed by atoms with van der Waals surface area (Å²) in [7, 11) is -0.0715. The third kappa shape index (κ3) is 4.65. The van der Waals surface area contributed by atoms with Crippen LogP contribution < -0.4 is 0 Å². The fourth-order valence-electron chi connectivity index (χ4n) is 1.05. The summed E-state index contributed by atoms with van der Waals surface area (Å²) in [5.41, 5.74) is 0. The Bertz CT molecular complexity index is 111. The van der Waals surface area contributed by atoms with E-state index in [1.807, 2.05) is 13.8 Å². The fraction of sp³-hybridized carbons (Fsp3) is 1.00. The zero-order chi connectivity index (χ0) is 10.3. The fourth-order valence-corrected chi connectivity index (χ4v) is 1.05. The Hall–Kier alpha value is -0.0551. The number of hydrogen-bond acceptors (Lipinski definition) is 3. The van der Waals surface area contributed by atoms with Crippen molar-refractivity contribution in [3.8, 4) is 0 Å². The van der Waals surface area contributed by atoms with E-state index in [1.165, 1.54) is 0 Å². The van der Waals surface area contributed by atoms with E-state index in [0.717, 1.165) is 0 Å². The van der Waals surface area contributed by atoms with Crippen LogP contribution in [0, 0.1) is 5.92 Å². The minimum absolute atomic E-state index is 0.0715. The summed E-state index contributed by atoms with van der Waals surface area (Å²) < 4.78 is 10.7. The van der Waals surface area contributed by atoms with Crippen LogP contribution in [0.4, 0.5) is 0 Å². The first kappa shape index (κ1) is 12.9. The average Bonchev–Trinajstić information content (AvgIpc) is 2.21. The van der Waals surface area contributed by atoms with Crippen molar-refractivity contribution < 1.29 is 14.4 Å². The molecule has 1 aliphatic rings. The molecular weight excluding hydrogens is 167 g/mol. The maximum Gasteiger partial charge on any atom is 0.459 e. The van der Waals surface area contributed by atoms with Gasteiger partial charge in [0.05, 0.1) is 6.61 Å². The van der Waals surface area contributed by atoms with Crippen LogP contribution in [-0.2, 0) is 9.31 Å². The van der Waals surface area contributed by atoms with Gasteiger partial charge in [-0.1, -0.05) is 27.7 Å². The van der Waals surface area contributed by atoms with Gasteiger partial charge in [-0.3, -0.25) is 0 Å². The van der Waals surface area contributed by atoms with Crippen LogP contribution in [-0.4, -0.2) is 32.0 Å². The minimum Gasteiger partial charge on any atom is -0.411 e. The lowest BCUT2D eigenvalue weighted by atomic mass is 9.73. The highest BCUT2D eigenvalue weighted by Crippen LogP contribution is 2.16. The molecule has 13 heavy (non-hydrogen) atoms. The number of aliphatic hydroxyl groups excluding tert-OH is 1. The molecule has 0 aromatic rings. The molecule has 0 spiro atoms. The van der Waals surface area contributed by atoms with Crippen LogP contribution >= 0.6 is 0 Å². The molecule has 0 saturated carbocycles. The highest BCUT2D eigenvalue weighted by atomic mass is 16.6. The van der Waals surface area contributed by atoms with Crippen molar-refractivity contribution in [1.82, 2.24) is 0 Å². The zero-order valence-corrected chi connectivity index (χ0v) is 9.12. The van der Waals surface area contributed by atoms with E-state index in [9.17, 15) is 0 Å². The lowest BCUT2D eigenvalue weighted by Gasteiger charge is -2.27. The standard InChI is InChI=1S/C7H15BO3.C2H6/c1-6(2)8-10-4-7(3-9)5-11-8;1-2/h6-7,9H,3-5H2,1-2H3;1-2H3. The van der Waals surface area contributed by atoms with Crippen LogP contribution in [0.1, 0.15) is 27.7 Å². The van der Waals surface area contributed by atoms with E-state index >= 15 is 0 Å². The molecular formula is C9H21BO3. The largest absolute Gasteiger partial charge is 0.459 e. The molecule has 0 atom stereocenters. The molecule has 0 aromatic heterocycles. The van der Waals surface area contributed by atoms with E-state index in [0.29, 0.717) is 19.0 Å². The maximum atomic E-state index is 8.76. The van der Waals surface area contributed by atoms with Gasteiger partial charge in [-0.05, 0) is 5.82 Å². The molecule has 1 N–H and O–H groups in total. The summed E-state index contributed by atoms with van der Waals surface area (Å²) in [5, 5.41) is 8.76. The molecule has 1 heterocycles. The first-order chi connectivity index (χ1) is 6.24. The van der Waals surface area contributed by atoms with Crippen LogP contribution in [0.3, 0.4) is 0 Å². The Morgan fingerprint density at radius 3 is 2.08 bits per heavy atom. The van der Waals surface area contributed by atoms with Crippen molar-refractivity contribution in [2.75, 3.05) is 19.8 Å². The molecule has 3 nitrogen and oxygen atoms in total. The predicted molar refractivity (Wildman–Crippen MR) is 54.7 cm³/mol. The highest BCUT2D eigenvalue weighted by molar-refractivity contribution is 6.46. The SMILES string of the molecule is CC.CC(C)B1OCC(CO)CO1. The van der Waals surface area contributed by atoms with Gasteiger partial charge in [0.25, 0.3) is 0 Å². The molecule has 4 heteroatoms. The van der Waals surface area contributed by atoms with Gasteiger partial charge < -0.3 is 14.4 Å². The molecule has 0 radical (unpaired) electrons. The molecule has 1 rings (SSSR count). The molecule has 0 aromatic carbocycles. The lowest BCUT2D eigenvalue weighted by Crippen LogP contribution is -2.38. The molecule has 1 saturated heterocycles. The minimum atomic E-state index is -0.0715. The molecule has 1 fully saturated rings. The molecule has 1 aliphatic heterocycles. The second kappa shape index (κ2) is 7.36. The number of hydrogen-bond donors (Lipinski definition) is 1. The molecule has 0 amide bonds. The number of aliphatic hydroxyl groups is 1. The summed E-state index contributed by atoms with van der Waals surface area (Å²) in [6, 6.07) is 0. The van der Waals surface area contributed by atoms with E-state index in [-0.39, 0.29) is 19.6 Å². The summed E-state index contributed by atoms with van der Waals surface area (Å²) in [6.45, 7) is 9.53. The predicted octanol–water partition coefficient (Wildman–Crippen LogP) is 1.57. The van der Waals surface area contributed by atoms with Gasteiger partial charge in [-0.15, -0.1) is 0 Å².